The first-order valence-electron chi connectivity index (χ1n) is 11.3. The minimum Gasteiger partial charge on any atom is -0.483 e. The zero-order valence-electron chi connectivity index (χ0n) is 19.6. The Hall–Kier alpha value is -3.24. The van der Waals surface area contributed by atoms with Crippen molar-refractivity contribution in [3.8, 4) is 5.75 Å². The maximum atomic E-state index is 13.0. The van der Waals surface area contributed by atoms with Crippen molar-refractivity contribution in [2.75, 3.05) is 38.2 Å². The molecule has 0 spiro atoms. The molecule has 1 heterocycles. The van der Waals surface area contributed by atoms with Gasteiger partial charge in [-0.2, -0.15) is 4.31 Å². The number of aryl methyl sites for hydroxylation is 1. The number of ether oxygens (including phenoxy) is 2. The zero-order chi connectivity index (χ0) is 25.7. The van der Waals surface area contributed by atoms with Crippen LogP contribution >= 0.6 is 11.6 Å². The fourth-order valence-electron chi connectivity index (χ4n) is 3.77. The average molecular weight is 529 g/mol. The monoisotopic (exact) mass is 528 g/mol. The van der Waals surface area contributed by atoms with E-state index >= 15 is 0 Å². The molecule has 36 heavy (non-hydrogen) atoms. The molecule has 4 rings (SSSR count). The fraction of sp³-hybridized carbons (Fsp3) is 0.231. The predicted octanol–water partition coefficient (Wildman–Crippen LogP) is 3.92. The van der Waals surface area contributed by atoms with Gasteiger partial charge in [0.05, 0.1) is 23.8 Å². The van der Waals surface area contributed by atoms with Crippen LogP contribution in [0.3, 0.4) is 0 Å². The van der Waals surface area contributed by atoms with Crippen molar-refractivity contribution >= 4 is 39.0 Å². The standard InChI is InChI=1S/C26H25ClN2O6S/c1-18-15-21(36(32,33)29-11-13-34-14-12-29)8-10-24(18)35-17-25(30)28-23-9-7-20(27)16-22(23)26(31)19-5-3-2-4-6-19/h2-10,15-16H,11-14,17H2,1H3,(H,28,30). The predicted molar refractivity (Wildman–Crippen MR) is 136 cm³/mol. The number of carbonyl (C=O) groups excluding carboxylic acids is 2. The number of hydrogen-bond acceptors (Lipinski definition) is 6. The molecule has 0 aliphatic carbocycles. The van der Waals surface area contributed by atoms with Crippen molar-refractivity contribution in [3.05, 3.63) is 88.4 Å². The first-order chi connectivity index (χ1) is 17.3. The lowest BCUT2D eigenvalue weighted by atomic mass is 10.0. The Morgan fingerprint density at radius 3 is 2.44 bits per heavy atom. The van der Waals surface area contributed by atoms with E-state index in [1.54, 1.807) is 49.4 Å². The largest absolute Gasteiger partial charge is 0.483 e. The molecular weight excluding hydrogens is 504 g/mol. The molecule has 1 saturated heterocycles. The Bertz CT molecular complexity index is 1370. The Labute approximate surface area is 214 Å². The first-order valence-corrected chi connectivity index (χ1v) is 13.1. The van der Waals surface area contributed by atoms with Crippen molar-refractivity contribution < 1.29 is 27.5 Å². The van der Waals surface area contributed by atoms with Gasteiger partial charge < -0.3 is 14.8 Å². The summed E-state index contributed by atoms with van der Waals surface area (Å²) < 4.78 is 38.0. The van der Waals surface area contributed by atoms with Crippen LogP contribution in [0.4, 0.5) is 5.69 Å². The van der Waals surface area contributed by atoms with Crippen LogP contribution in [0.2, 0.25) is 5.02 Å². The number of nitrogens with one attached hydrogen (secondary N) is 1. The van der Waals surface area contributed by atoms with E-state index < -0.39 is 15.9 Å². The molecule has 0 unspecified atom stereocenters. The number of amides is 1. The van der Waals surface area contributed by atoms with E-state index in [1.165, 1.54) is 28.6 Å². The van der Waals surface area contributed by atoms with Crippen LogP contribution in [-0.4, -0.2) is 57.3 Å². The van der Waals surface area contributed by atoms with Crippen molar-refractivity contribution in [1.82, 2.24) is 4.31 Å². The SMILES string of the molecule is Cc1cc(S(=O)(=O)N2CCOCC2)ccc1OCC(=O)Nc1ccc(Cl)cc1C(=O)c1ccccc1. The summed E-state index contributed by atoms with van der Waals surface area (Å²) in [5, 5.41) is 3.07. The van der Waals surface area contributed by atoms with Crippen LogP contribution < -0.4 is 10.1 Å². The molecule has 0 bridgehead atoms. The van der Waals surface area contributed by atoms with Crippen LogP contribution in [0, 0.1) is 6.92 Å². The van der Waals surface area contributed by atoms with Crippen LogP contribution in [0.5, 0.6) is 5.75 Å². The quantitative estimate of drug-likeness (QED) is 0.445. The molecule has 1 fully saturated rings. The summed E-state index contributed by atoms with van der Waals surface area (Å²) in [7, 11) is -3.64. The maximum absolute atomic E-state index is 13.0. The van der Waals surface area contributed by atoms with Crippen molar-refractivity contribution in [1.29, 1.82) is 0 Å². The smallest absolute Gasteiger partial charge is 0.262 e. The summed E-state index contributed by atoms with van der Waals surface area (Å²) in [5.41, 5.74) is 1.61. The summed E-state index contributed by atoms with van der Waals surface area (Å²) in [6.45, 7) is 2.71. The van der Waals surface area contributed by atoms with E-state index in [0.29, 0.717) is 53.9 Å². The van der Waals surface area contributed by atoms with Gasteiger partial charge in [-0.25, -0.2) is 8.42 Å². The lowest BCUT2D eigenvalue weighted by Crippen LogP contribution is -2.40. The van der Waals surface area contributed by atoms with Gasteiger partial charge in [0.1, 0.15) is 5.75 Å². The summed E-state index contributed by atoms with van der Waals surface area (Å²) in [6, 6.07) is 17.8. The molecule has 8 nitrogen and oxygen atoms in total. The second-order valence-electron chi connectivity index (χ2n) is 8.17. The highest BCUT2D eigenvalue weighted by molar-refractivity contribution is 7.89. The highest BCUT2D eigenvalue weighted by Crippen LogP contribution is 2.26. The number of ketones is 1. The van der Waals surface area contributed by atoms with Gasteiger partial charge in [0, 0.05) is 29.2 Å². The average Bonchev–Trinajstić information content (AvgIpc) is 2.89. The molecule has 0 radical (unpaired) electrons. The number of rotatable bonds is 8. The Morgan fingerprint density at radius 1 is 1.03 bits per heavy atom. The van der Waals surface area contributed by atoms with E-state index in [1.807, 2.05) is 0 Å². The third-order valence-corrected chi connectivity index (χ3v) is 7.78. The van der Waals surface area contributed by atoms with Crippen LogP contribution in [0.1, 0.15) is 21.5 Å². The molecule has 10 heteroatoms. The second-order valence-corrected chi connectivity index (χ2v) is 10.5. The highest BCUT2D eigenvalue weighted by Gasteiger charge is 2.26. The van der Waals surface area contributed by atoms with Crippen LogP contribution in [0.25, 0.3) is 0 Å². The van der Waals surface area contributed by atoms with Crippen molar-refractivity contribution in [2.45, 2.75) is 11.8 Å². The van der Waals surface area contributed by atoms with Gasteiger partial charge in [0.15, 0.2) is 12.4 Å². The zero-order valence-corrected chi connectivity index (χ0v) is 21.1. The molecule has 1 amide bonds. The van der Waals surface area contributed by atoms with Gasteiger partial charge in [-0.15, -0.1) is 0 Å². The third-order valence-electron chi connectivity index (χ3n) is 5.65. The number of benzene rings is 3. The molecule has 1 aliphatic heterocycles. The van der Waals surface area contributed by atoms with Gasteiger partial charge in [-0.3, -0.25) is 9.59 Å². The molecule has 0 saturated carbocycles. The minimum absolute atomic E-state index is 0.156. The summed E-state index contributed by atoms with van der Waals surface area (Å²) in [4.78, 5) is 25.7. The fourth-order valence-corrected chi connectivity index (χ4v) is 5.43. The number of carbonyl (C=O) groups is 2. The van der Waals surface area contributed by atoms with Gasteiger partial charge in [-0.1, -0.05) is 41.9 Å². The summed E-state index contributed by atoms with van der Waals surface area (Å²) in [5.74, 6) is -0.381. The summed E-state index contributed by atoms with van der Waals surface area (Å²) >= 11 is 6.10. The Kier molecular flexibility index (Phi) is 8.05. The minimum atomic E-state index is -3.64. The lowest BCUT2D eigenvalue weighted by molar-refractivity contribution is -0.118. The van der Waals surface area contributed by atoms with E-state index in [4.69, 9.17) is 21.1 Å². The van der Waals surface area contributed by atoms with Crippen LogP contribution in [-0.2, 0) is 19.6 Å². The first kappa shape index (κ1) is 25.8. The van der Waals surface area contributed by atoms with Crippen LogP contribution in [0.15, 0.2) is 71.6 Å². The number of nitrogens with zero attached hydrogens (tertiary/aromatic N) is 1. The van der Waals surface area contributed by atoms with E-state index in [9.17, 15) is 18.0 Å². The number of morpholine rings is 1. The Morgan fingerprint density at radius 2 is 1.75 bits per heavy atom. The van der Waals surface area contributed by atoms with Gasteiger partial charge >= 0.3 is 0 Å². The van der Waals surface area contributed by atoms with Crippen molar-refractivity contribution in [2.24, 2.45) is 0 Å². The molecular formula is C26H25ClN2O6S. The summed E-state index contributed by atoms with van der Waals surface area (Å²) in [6.07, 6.45) is 0. The highest BCUT2D eigenvalue weighted by atomic mass is 35.5. The third kappa shape index (κ3) is 5.93. The molecule has 188 valence electrons. The molecule has 3 aromatic carbocycles. The van der Waals surface area contributed by atoms with Gasteiger partial charge in [0.25, 0.3) is 5.91 Å². The number of hydrogen-bond donors (Lipinski definition) is 1. The normalized spacial score (nSPS) is 14.3. The van der Waals surface area contributed by atoms with E-state index in [-0.39, 0.29) is 22.8 Å². The van der Waals surface area contributed by atoms with Gasteiger partial charge in [0.2, 0.25) is 10.0 Å². The lowest BCUT2D eigenvalue weighted by Gasteiger charge is -2.26. The molecule has 0 atom stereocenters. The van der Waals surface area contributed by atoms with Gasteiger partial charge in [-0.05, 0) is 48.9 Å². The van der Waals surface area contributed by atoms with E-state index in [2.05, 4.69) is 5.32 Å². The molecule has 1 aliphatic rings. The topological polar surface area (TPSA) is 102 Å². The molecule has 1 N–H and O–H groups in total. The number of anilines is 1. The number of sulfonamides is 1. The second kappa shape index (κ2) is 11.2. The van der Waals surface area contributed by atoms with Crippen molar-refractivity contribution in [3.63, 3.8) is 0 Å². The maximum Gasteiger partial charge on any atom is 0.262 e. The Balaban J connectivity index is 1.43. The van der Waals surface area contributed by atoms with E-state index in [0.717, 1.165) is 0 Å². The number of halogens is 1. The molecule has 0 aromatic heterocycles. The molecule has 3 aromatic rings.